The molecule has 1 aromatic rings. The summed E-state index contributed by atoms with van der Waals surface area (Å²) in [6.07, 6.45) is 0. The molecule has 0 bridgehead atoms. The molecule has 0 saturated carbocycles. The van der Waals surface area contributed by atoms with Gasteiger partial charge in [-0.05, 0) is 15.9 Å². The molecule has 0 saturated heterocycles. The van der Waals surface area contributed by atoms with Gasteiger partial charge in [-0.3, -0.25) is 0 Å². The Morgan fingerprint density at radius 3 is 2.92 bits per heavy atom. The first kappa shape index (κ1) is 9.72. The number of carboxylic acid groups (broad SMARTS) is 1. The van der Waals surface area contributed by atoms with Crippen molar-refractivity contribution in [2.24, 2.45) is 5.16 Å². The Hall–Kier alpha value is -1.37. The van der Waals surface area contributed by atoms with Crippen LogP contribution >= 0.6 is 15.9 Å². The number of nitrogens with zero attached hydrogens (tertiary/aromatic N) is 2. The highest BCUT2D eigenvalue weighted by Crippen LogP contribution is 2.11. The molecule has 0 fully saturated rings. The van der Waals surface area contributed by atoms with E-state index in [1.165, 1.54) is 13.2 Å². The lowest BCUT2D eigenvalue weighted by atomic mass is 10.3. The van der Waals surface area contributed by atoms with Gasteiger partial charge in [-0.2, -0.15) is 0 Å². The highest BCUT2D eigenvalue weighted by molar-refractivity contribution is 9.10. The van der Waals surface area contributed by atoms with Crippen molar-refractivity contribution in [3.63, 3.8) is 0 Å². The molecule has 1 heterocycles. The van der Waals surface area contributed by atoms with Crippen molar-refractivity contribution in [1.29, 1.82) is 0 Å². The van der Waals surface area contributed by atoms with Gasteiger partial charge < -0.3 is 14.5 Å². The zero-order valence-electron chi connectivity index (χ0n) is 6.52. The second-order valence-electron chi connectivity index (χ2n) is 1.94. The molecule has 13 heavy (non-hydrogen) atoms. The van der Waals surface area contributed by atoms with Crippen molar-refractivity contribution in [1.82, 2.24) is 5.16 Å². The lowest BCUT2D eigenvalue weighted by Gasteiger charge is -1.92. The van der Waals surface area contributed by atoms with Gasteiger partial charge in [-0.15, -0.1) is 0 Å². The molecule has 70 valence electrons. The predicted molar refractivity (Wildman–Crippen MR) is 45.4 cm³/mol. The summed E-state index contributed by atoms with van der Waals surface area (Å²) in [5, 5.41) is 15.4. The fourth-order valence-corrected chi connectivity index (χ4v) is 0.926. The van der Waals surface area contributed by atoms with Gasteiger partial charge in [0.1, 0.15) is 11.7 Å². The van der Waals surface area contributed by atoms with Crippen molar-refractivity contribution in [2.45, 2.75) is 0 Å². The van der Waals surface area contributed by atoms with E-state index in [-0.39, 0.29) is 11.5 Å². The third-order valence-corrected chi connectivity index (χ3v) is 1.47. The van der Waals surface area contributed by atoms with Crippen LogP contribution in [-0.2, 0) is 9.63 Å². The first-order valence-electron chi connectivity index (χ1n) is 3.12. The Kier molecular flexibility index (Phi) is 3.02. The first-order valence-corrected chi connectivity index (χ1v) is 3.91. The van der Waals surface area contributed by atoms with Gasteiger partial charge in [0.05, 0.1) is 0 Å². The molecule has 1 aromatic heterocycles. The molecule has 0 atom stereocenters. The lowest BCUT2D eigenvalue weighted by molar-refractivity contribution is -0.129. The molecule has 0 unspecified atom stereocenters. The second-order valence-corrected chi connectivity index (χ2v) is 2.75. The van der Waals surface area contributed by atoms with Gasteiger partial charge in [0.25, 0.3) is 0 Å². The number of aliphatic carboxylic acids is 1. The Balaban J connectivity index is 3.02. The topological polar surface area (TPSA) is 84.9 Å². The molecule has 0 aliphatic heterocycles. The molecular formula is C6H5BrN2O4. The second kappa shape index (κ2) is 4.04. The summed E-state index contributed by atoms with van der Waals surface area (Å²) in [5.41, 5.74) is -0.333. The zero-order valence-corrected chi connectivity index (χ0v) is 8.11. The zero-order chi connectivity index (χ0) is 9.84. The number of halogens is 1. The van der Waals surface area contributed by atoms with Gasteiger partial charge in [0.15, 0.2) is 5.76 Å². The Bertz CT molecular complexity index is 346. The molecule has 0 spiro atoms. The van der Waals surface area contributed by atoms with Crippen molar-refractivity contribution in [3.05, 3.63) is 16.4 Å². The standard InChI is InChI=1S/C6H5BrN2O4/c1-12-9-5(6(10)11)3-2-4(7)8-13-3/h2H,1H3,(H,10,11)/b9-5+. The highest BCUT2D eigenvalue weighted by Gasteiger charge is 2.18. The number of hydrogen-bond donors (Lipinski definition) is 1. The maximum atomic E-state index is 10.6. The SMILES string of the molecule is CO/N=C(/C(=O)O)c1cc(Br)no1. The fraction of sp³-hybridized carbons (Fsp3) is 0.167. The largest absolute Gasteiger partial charge is 0.476 e. The van der Waals surface area contributed by atoms with Crippen molar-refractivity contribution in [2.75, 3.05) is 7.11 Å². The number of oxime groups is 1. The molecule has 0 aliphatic rings. The molecule has 7 heteroatoms. The minimum Gasteiger partial charge on any atom is -0.476 e. The summed E-state index contributed by atoms with van der Waals surface area (Å²) in [7, 11) is 1.24. The average Bonchev–Trinajstić information content (AvgIpc) is 2.46. The minimum atomic E-state index is -1.24. The van der Waals surface area contributed by atoms with Crippen LogP contribution in [0.5, 0.6) is 0 Å². The summed E-state index contributed by atoms with van der Waals surface area (Å²) in [6.45, 7) is 0. The molecule has 1 rings (SSSR count). The van der Waals surface area contributed by atoms with Crippen LogP contribution in [0.2, 0.25) is 0 Å². The van der Waals surface area contributed by atoms with Crippen LogP contribution < -0.4 is 0 Å². The number of aromatic nitrogens is 1. The monoisotopic (exact) mass is 248 g/mol. The van der Waals surface area contributed by atoms with E-state index in [0.29, 0.717) is 4.60 Å². The van der Waals surface area contributed by atoms with Crippen LogP contribution in [0.1, 0.15) is 5.76 Å². The first-order chi connectivity index (χ1) is 6.15. The van der Waals surface area contributed by atoms with Gasteiger partial charge in [0, 0.05) is 6.07 Å². The van der Waals surface area contributed by atoms with E-state index in [4.69, 9.17) is 5.11 Å². The Labute approximate surface area is 81.3 Å². The van der Waals surface area contributed by atoms with Crippen LogP contribution in [0.4, 0.5) is 0 Å². The van der Waals surface area contributed by atoms with E-state index in [2.05, 4.69) is 35.6 Å². The predicted octanol–water partition coefficient (Wildman–Crippen LogP) is 0.872. The highest BCUT2D eigenvalue weighted by atomic mass is 79.9. The number of rotatable bonds is 3. The number of carboxylic acids is 1. The normalized spacial score (nSPS) is 11.4. The quantitative estimate of drug-likeness (QED) is 0.634. The minimum absolute atomic E-state index is 0.0289. The van der Waals surface area contributed by atoms with Crippen molar-refractivity contribution >= 4 is 27.6 Å². The van der Waals surface area contributed by atoms with Gasteiger partial charge >= 0.3 is 5.97 Å². The summed E-state index contributed by atoms with van der Waals surface area (Å²) < 4.78 is 5.05. The molecule has 0 amide bonds. The van der Waals surface area contributed by atoms with Gasteiger partial charge in [0.2, 0.25) is 5.71 Å². The average molecular weight is 249 g/mol. The van der Waals surface area contributed by atoms with Crippen LogP contribution in [0.3, 0.4) is 0 Å². The van der Waals surface area contributed by atoms with E-state index in [1.54, 1.807) is 0 Å². The number of carbonyl (C=O) groups is 1. The van der Waals surface area contributed by atoms with Crippen LogP contribution in [0, 0.1) is 0 Å². The number of hydrogen-bond acceptors (Lipinski definition) is 5. The van der Waals surface area contributed by atoms with Crippen LogP contribution in [0.25, 0.3) is 0 Å². The maximum Gasteiger partial charge on any atom is 0.362 e. The summed E-state index contributed by atoms with van der Waals surface area (Å²) >= 11 is 3.01. The summed E-state index contributed by atoms with van der Waals surface area (Å²) in [6, 6.07) is 1.38. The van der Waals surface area contributed by atoms with E-state index in [9.17, 15) is 4.79 Å². The van der Waals surface area contributed by atoms with Crippen molar-refractivity contribution < 1.29 is 19.3 Å². The van der Waals surface area contributed by atoms with E-state index >= 15 is 0 Å². The van der Waals surface area contributed by atoms with Gasteiger partial charge in [-0.1, -0.05) is 10.3 Å². The summed E-state index contributed by atoms with van der Waals surface area (Å²) in [4.78, 5) is 14.9. The smallest absolute Gasteiger partial charge is 0.362 e. The third kappa shape index (κ3) is 2.28. The maximum absolute atomic E-state index is 10.6. The van der Waals surface area contributed by atoms with E-state index in [1.807, 2.05) is 0 Å². The van der Waals surface area contributed by atoms with Gasteiger partial charge in [-0.25, -0.2) is 4.79 Å². The molecule has 6 nitrogen and oxygen atoms in total. The Morgan fingerprint density at radius 2 is 2.54 bits per heavy atom. The molecular weight excluding hydrogens is 244 g/mol. The Morgan fingerprint density at radius 1 is 1.85 bits per heavy atom. The van der Waals surface area contributed by atoms with Crippen molar-refractivity contribution in [3.8, 4) is 0 Å². The van der Waals surface area contributed by atoms with E-state index in [0.717, 1.165) is 0 Å². The molecule has 0 aliphatic carbocycles. The van der Waals surface area contributed by atoms with Crippen LogP contribution in [-0.4, -0.2) is 29.1 Å². The van der Waals surface area contributed by atoms with Crippen LogP contribution in [0.15, 0.2) is 20.3 Å². The fourth-order valence-electron chi connectivity index (χ4n) is 0.646. The molecule has 0 radical (unpaired) electrons. The lowest BCUT2D eigenvalue weighted by Crippen LogP contribution is -2.13. The summed E-state index contributed by atoms with van der Waals surface area (Å²) in [5.74, 6) is -1.22. The molecule has 0 aromatic carbocycles. The third-order valence-electron chi connectivity index (χ3n) is 1.10. The van der Waals surface area contributed by atoms with E-state index < -0.39 is 5.97 Å². The molecule has 1 N–H and O–H groups in total.